The molecule has 0 aliphatic heterocycles. The molecule has 1 rings (SSSR count). The number of amides is 1. The van der Waals surface area contributed by atoms with Crippen LogP contribution < -0.4 is 5.32 Å². The van der Waals surface area contributed by atoms with Gasteiger partial charge in [-0.05, 0) is 51.9 Å². The third-order valence-corrected chi connectivity index (χ3v) is 3.59. The summed E-state index contributed by atoms with van der Waals surface area (Å²) in [5.74, 6) is -1.01. The summed E-state index contributed by atoms with van der Waals surface area (Å²) in [5, 5.41) is 11.6. The molecule has 1 saturated carbocycles. The molecule has 0 aromatic rings. The van der Waals surface area contributed by atoms with Gasteiger partial charge in [0, 0.05) is 0 Å². The number of carboxylic acid groups (broad SMARTS) is 1. The molecule has 0 aromatic carbocycles. The molecule has 0 spiro atoms. The maximum absolute atomic E-state index is 11.6. The van der Waals surface area contributed by atoms with Crippen LogP contribution in [0.2, 0.25) is 0 Å². The summed E-state index contributed by atoms with van der Waals surface area (Å²) >= 11 is 0. The third kappa shape index (κ3) is 5.49. The van der Waals surface area contributed by atoms with Crippen molar-refractivity contribution in [3.05, 3.63) is 0 Å². The van der Waals surface area contributed by atoms with E-state index in [0.29, 0.717) is 6.42 Å². The van der Waals surface area contributed by atoms with E-state index in [1.807, 2.05) is 0 Å². The van der Waals surface area contributed by atoms with Crippen molar-refractivity contribution in [2.45, 2.75) is 71.4 Å². The van der Waals surface area contributed by atoms with Crippen molar-refractivity contribution < 1.29 is 19.4 Å². The molecule has 0 bridgehead atoms. The average Bonchev–Trinajstić information content (AvgIpc) is 2.18. The van der Waals surface area contributed by atoms with E-state index in [1.54, 1.807) is 20.8 Å². The number of hydrogen-bond acceptors (Lipinski definition) is 3. The summed E-state index contributed by atoms with van der Waals surface area (Å²) in [6, 6.07) is -0.868. The molecule has 5 heteroatoms. The Morgan fingerprint density at radius 3 is 2.32 bits per heavy atom. The predicted octanol–water partition coefficient (Wildman–Crippen LogP) is 2.93. The van der Waals surface area contributed by atoms with E-state index in [-0.39, 0.29) is 5.41 Å². The van der Waals surface area contributed by atoms with Gasteiger partial charge in [0.1, 0.15) is 11.6 Å². The number of nitrogens with one attached hydrogen (secondary N) is 1. The van der Waals surface area contributed by atoms with Gasteiger partial charge >= 0.3 is 12.1 Å². The normalized spacial score (nSPS) is 19.2. The number of aliphatic carboxylic acids is 1. The number of alkyl carbamates (subject to hydrolysis) is 1. The first kappa shape index (κ1) is 15.8. The zero-order chi connectivity index (χ0) is 14.7. The molecule has 2 N–H and O–H groups in total. The molecule has 0 radical (unpaired) electrons. The molecule has 1 aliphatic rings. The largest absolute Gasteiger partial charge is 0.480 e. The van der Waals surface area contributed by atoms with Gasteiger partial charge in [0.05, 0.1) is 0 Å². The van der Waals surface area contributed by atoms with Crippen LogP contribution in [0.25, 0.3) is 0 Å². The van der Waals surface area contributed by atoms with Gasteiger partial charge < -0.3 is 15.2 Å². The maximum atomic E-state index is 11.6. The smallest absolute Gasteiger partial charge is 0.408 e. The van der Waals surface area contributed by atoms with Gasteiger partial charge in [0.15, 0.2) is 0 Å². The fourth-order valence-corrected chi connectivity index (χ4v) is 2.23. The highest BCUT2D eigenvalue weighted by Crippen LogP contribution is 2.44. The molecule has 0 heterocycles. The van der Waals surface area contributed by atoms with Crippen LogP contribution in [-0.2, 0) is 9.53 Å². The van der Waals surface area contributed by atoms with Crippen LogP contribution in [0.5, 0.6) is 0 Å². The summed E-state index contributed by atoms with van der Waals surface area (Å²) < 4.78 is 5.08. The topological polar surface area (TPSA) is 75.6 Å². The van der Waals surface area contributed by atoms with Crippen molar-refractivity contribution in [3.63, 3.8) is 0 Å². The average molecular weight is 271 g/mol. The molecule has 1 unspecified atom stereocenters. The van der Waals surface area contributed by atoms with Crippen LogP contribution in [-0.4, -0.2) is 28.8 Å². The molecule has 0 saturated heterocycles. The zero-order valence-electron chi connectivity index (χ0n) is 12.3. The quantitative estimate of drug-likeness (QED) is 0.806. The maximum Gasteiger partial charge on any atom is 0.408 e. The molecular weight excluding hydrogens is 246 g/mol. The minimum absolute atomic E-state index is 0.253. The van der Waals surface area contributed by atoms with E-state index in [2.05, 4.69) is 12.2 Å². The van der Waals surface area contributed by atoms with Crippen LogP contribution in [0.4, 0.5) is 4.79 Å². The molecule has 1 fully saturated rings. The Labute approximate surface area is 114 Å². The number of carbonyl (C=O) groups excluding carboxylic acids is 1. The van der Waals surface area contributed by atoms with Gasteiger partial charge in [-0.25, -0.2) is 9.59 Å². The number of carbonyl (C=O) groups is 2. The molecule has 110 valence electrons. The lowest BCUT2D eigenvalue weighted by Crippen LogP contribution is -2.44. The molecule has 19 heavy (non-hydrogen) atoms. The fourth-order valence-electron chi connectivity index (χ4n) is 2.23. The first-order valence-corrected chi connectivity index (χ1v) is 6.84. The molecule has 1 atom stereocenters. The fraction of sp³-hybridized carbons (Fsp3) is 0.857. The van der Waals surface area contributed by atoms with Crippen molar-refractivity contribution in [3.8, 4) is 0 Å². The second-order valence-corrected chi connectivity index (χ2v) is 6.74. The highest BCUT2D eigenvalue weighted by molar-refractivity contribution is 5.79. The first-order chi connectivity index (χ1) is 8.61. The van der Waals surface area contributed by atoms with E-state index in [1.165, 1.54) is 6.42 Å². The van der Waals surface area contributed by atoms with Gasteiger partial charge in [-0.1, -0.05) is 13.3 Å². The van der Waals surface area contributed by atoms with E-state index < -0.39 is 23.7 Å². The van der Waals surface area contributed by atoms with Crippen LogP contribution in [0.15, 0.2) is 0 Å². The molecule has 0 aromatic heterocycles. The lowest BCUT2D eigenvalue weighted by molar-refractivity contribution is -0.139. The minimum atomic E-state index is -1.01. The van der Waals surface area contributed by atoms with Crippen LogP contribution in [0.1, 0.15) is 59.8 Å². The van der Waals surface area contributed by atoms with E-state index in [4.69, 9.17) is 9.84 Å². The predicted molar refractivity (Wildman–Crippen MR) is 72.0 cm³/mol. The highest BCUT2D eigenvalue weighted by atomic mass is 16.6. The Kier molecular flexibility index (Phi) is 4.82. The summed E-state index contributed by atoms with van der Waals surface area (Å²) in [7, 11) is 0. The van der Waals surface area contributed by atoms with Crippen molar-refractivity contribution in [1.29, 1.82) is 0 Å². The summed E-state index contributed by atoms with van der Waals surface area (Å²) in [4.78, 5) is 22.7. The van der Waals surface area contributed by atoms with Crippen molar-refractivity contribution in [1.82, 2.24) is 5.32 Å². The summed E-state index contributed by atoms with van der Waals surface area (Å²) in [5.41, 5.74) is -0.365. The Morgan fingerprint density at radius 1 is 1.37 bits per heavy atom. The summed E-state index contributed by atoms with van der Waals surface area (Å²) in [6.45, 7) is 7.41. The monoisotopic (exact) mass is 271 g/mol. The minimum Gasteiger partial charge on any atom is -0.480 e. The molecule has 1 amide bonds. The van der Waals surface area contributed by atoms with Gasteiger partial charge in [0.25, 0.3) is 0 Å². The third-order valence-electron chi connectivity index (χ3n) is 3.59. The number of rotatable bonds is 5. The van der Waals surface area contributed by atoms with Gasteiger partial charge in [-0.15, -0.1) is 0 Å². The summed E-state index contributed by atoms with van der Waals surface area (Å²) in [6.07, 6.45) is 4.11. The number of ether oxygens (including phenoxy) is 1. The lowest BCUT2D eigenvalue weighted by atomic mass is 9.67. The lowest BCUT2D eigenvalue weighted by Gasteiger charge is -2.39. The Morgan fingerprint density at radius 2 is 1.95 bits per heavy atom. The van der Waals surface area contributed by atoms with Crippen LogP contribution in [0, 0.1) is 5.41 Å². The van der Waals surface area contributed by atoms with E-state index in [9.17, 15) is 9.59 Å². The van der Waals surface area contributed by atoms with E-state index in [0.717, 1.165) is 19.3 Å². The number of hydrogen-bond donors (Lipinski definition) is 2. The standard InChI is InChI=1S/C14H25NO4/c1-13(2,3)19-12(18)15-10(11(16)17)6-9-14(4)7-5-8-14/h10H,5-9H2,1-4H3,(H,15,18)(H,16,17). The second-order valence-electron chi connectivity index (χ2n) is 6.74. The highest BCUT2D eigenvalue weighted by Gasteiger charge is 2.33. The Bertz CT molecular complexity index is 342. The molecule has 5 nitrogen and oxygen atoms in total. The molecular formula is C14H25NO4. The van der Waals surface area contributed by atoms with Crippen molar-refractivity contribution >= 4 is 12.1 Å². The second kappa shape index (κ2) is 5.80. The Hall–Kier alpha value is -1.26. The van der Waals surface area contributed by atoms with Gasteiger partial charge in [-0.3, -0.25) is 0 Å². The van der Waals surface area contributed by atoms with Crippen LogP contribution in [0.3, 0.4) is 0 Å². The molecule has 1 aliphatic carbocycles. The zero-order valence-corrected chi connectivity index (χ0v) is 12.3. The van der Waals surface area contributed by atoms with Crippen molar-refractivity contribution in [2.24, 2.45) is 5.41 Å². The van der Waals surface area contributed by atoms with Crippen LogP contribution >= 0.6 is 0 Å². The number of carboxylic acids is 1. The van der Waals surface area contributed by atoms with E-state index >= 15 is 0 Å². The SMILES string of the molecule is CC1(CCC(NC(=O)OC(C)(C)C)C(=O)O)CCC1. The Balaban J connectivity index is 2.44. The van der Waals surface area contributed by atoms with Gasteiger partial charge in [0.2, 0.25) is 0 Å². The van der Waals surface area contributed by atoms with Gasteiger partial charge in [-0.2, -0.15) is 0 Å². The van der Waals surface area contributed by atoms with Crippen molar-refractivity contribution in [2.75, 3.05) is 0 Å². The first-order valence-electron chi connectivity index (χ1n) is 6.84.